The highest BCUT2D eigenvalue weighted by Crippen LogP contribution is 2.21. The number of benzene rings is 1. The van der Waals surface area contributed by atoms with E-state index in [0.717, 1.165) is 26.1 Å². The van der Waals surface area contributed by atoms with Gasteiger partial charge in [0.05, 0.1) is 6.54 Å². The van der Waals surface area contributed by atoms with Crippen LogP contribution in [0.2, 0.25) is 0 Å². The molecule has 2 fully saturated rings. The number of piperazine rings is 2. The van der Waals surface area contributed by atoms with Gasteiger partial charge in [-0.15, -0.1) is 0 Å². The van der Waals surface area contributed by atoms with Gasteiger partial charge >= 0.3 is 0 Å². The monoisotopic (exact) mass is 259 g/mol. The topological polar surface area (TPSA) is 44.4 Å². The summed E-state index contributed by atoms with van der Waals surface area (Å²) in [4.78, 5) is 13.8. The molecule has 2 atom stereocenters. The number of hydrogen-bond acceptors (Lipinski definition) is 3. The number of aryl methyl sites for hydroxylation is 1. The Hall–Kier alpha value is -1.39. The summed E-state index contributed by atoms with van der Waals surface area (Å²) in [6.45, 7) is 5.35. The molecule has 1 aromatic carbocycles. The lowest BCUT2D eigenvalue weighted by Crippen LogP contribution is -2.62. The number of fused-ring (bicyclic) bond motifs is 1. The minimum Gasteiger partial charge on any atom is -0.353 e. The second-order valence-corrected chi connectivity index (χ2v) is 5.44. The standard InChI is InChI=1S/C15H21N3O/c1-2-11-3-5-12(6-4-11)14-9-18-10-15(19)17-8-13(18)7-16-14/h3-6,13-14,16H,2,7-10H2,1H3,(H,17,19). The zero-order chi connectivity index (χ0) is 13.2. The molecule has 2 heterocycles. The number of nitrogens with one attached hydrogen (secondary N) is 2. The van der Waals surface area contributed by atoms with Crippen molar-refractivity contribution >= 4 is 5.91 Å². The zero-order valence-electron chi connectivity index (χ0n) is 11.4. The van der Waals surface area contributed by atoms with Crippen molar-refractivity contribution < 1.29 is 4.79 Å². The lowest BCUT2D eigenvalue weighted by molar-refractivity contribution is -0.126. The molecule has 0 aliphatic carbocycles. The van der Waals surface area contributed by atoms with Crippen LogP contribution in [0.15, 0.2) is 24.3 Å². The van der Waals surface area contributed by atoms with Gasteiger partial charge in [0.25, 0.3) is 0 Å². The van der Waals surface area contributed by atoms with E-state index in [0.29, 0.717) is 18.6 Å². The van der Waals surface area contributed by atoms with Crippen molar-refractivity contribution in [2.24, 2.45) is 0 Å². The van der Waals surface area contributed by atoms with Gasteiger partial charge in [0, 0.05) is 31.7 Å². The Labute approximate surface area is 114 Å². The maximum absolute atomic E-state index is 11.5. The highest BCUT2D eigenvalue weighted by atomic mass is 16.2. The van der Waals surface area contributed by atoms with Crippen molar-refractivity contribution in [2.75, 3.05) is 26.2 Å². The molecule has 2 aliphatic heterocycles. The SMILES string of the molecule is CCc1ccc(C2CN3CC(=O)NCC3CN2)cc1. The van der Waals surface area contributed by atoms with Crippen LogP contribution in [-0.2, 0) is 11.2 Å². The highest BCUT2D eigenvalue weighted by molar-refractivity contribution is 5.78. The summed E-state index contributed by atoms with van der Waals surface area (Å²) >= 11 is 0. The number of rotatable bonds is 2. The fourth-order valence-electron chi connectivity index (χ4n) is 2.93. The Bertz CT molecular complexity index is 457. The first-order valence-corrected chi connectivity index (χ1v) is 7.09. The third kappa shape index (κ3) is 2.65. The van der Waals surface area contributed by atoms with Gasteiger partial charge in [0.1, 0.15) is 0 Å². The van der Waals surface area contributed by atoms with Crippen molar-refractivity contribution in [1.82, 2.24) is 15.5 Å². The van der Waals surface area contributed by atoms with Crippen LogP contribution in [0.25, 0.3) is 0 Å². The van der Waals surface area contributed by atoms with Crippen LogP contribution >= 0.6 is 0 Å². The van der Waals surface area contributed by atoms with Crippen molar-refractivity contribution in [3.8, 4) is 0 Å². The normalized spacial score (nSPS) is 27.7. The number of amides is 1. The largest absolute Gasteiger partial charge is 0.353 e. The molecule has 2 unspecified atom stereocenters. The summed E-state index contributed by atoms with van der Waals surface area (Å²) in [7, 11) is 0. The van der Waals surface area contributed by atoms with Crippen LogP contribution < -0.4 is 10.6 Å². The van der Waals surface area contributed by atoms with Crippen molar-refractivity contribution in [3.63, 3.8) is 0 Å². The fourth-order valence-corrected chi connectivity index (χ4v) is 2.93. The lowest BCUT2D eigenvalue weighted by Gasteiger charge is -2.42. The molecule has 102 valence electrons. The van der Waals surface area contributed by atoms with E-state index in [1.165, 1.54) is 11.1 Å². The molecular weight excluding hydrogens is 238 g/mol. The minimum atomic E-state index is 0.151. The molecule has 0 aromatic heterocycles. The molecule has 0 radical (unpaired) electrons. The van der Waals surface area contributed by atoms with E-state index in [1.54, 1.807) is 0 Å². The average Bonchev–Trinajstić information content (AvgIpc) is 2.46. The van der Waals surface area contributed by atoms with Crippen molar-refractivity contribution in [3.05, 3.63) is 35.4 Å². The summed E-state index contributed by atoms with van der Waals surface area (Å²) in [6.07, 6.45) is 1.08. The number of carbonyl (C=O) groups excluding carboxylic acids is 1. The van der Waals surface area contributed by atoms with E-state index in [1.807, 2.05) is 0 Å². The van der Waals surface area contributed by atoms with E-state index >= 15 is 0 Å². The molecule has 4 heteroatoms. The second kappa shape index (κ2) is 5.31. The predicted molar refractivity (Wildman–Crippen MR) is 74.9 cm³/mol. The Balaban J connectivity index is 1.70. The van der Waals surface area contributed by atoms with Gasteiger partial charge in [-0.1, -0.05) is 31.2 Å². The van der Waals surface area contributed by atoms with Gasteiger partial charge in [-0.05, 0) is 17.5 Å². The van der Waals surface area contributed by atoms with Crippen LogP contribution in [0, 0.1) is 0 Å². The minimum absolute atomic E-state index is 0.151. The third-order valence-electron chi connectivity index (χ3n) is 4.21. The van der Waals surface area contributed by atoms with Crippen LogP contribution in [0.4, 0.5) is 0 Å². The number of carbonyl (C=O) groups is 1. The van der Waals surface area contributed by atoms with Crippen LogP contribution in [0.1, 0.15) is 24.1 Å². The summed E-state index contributed by atoms with van der Waals surface area (Å²) in [6, 6.07) is 9.61. The molecule has 0 bridgehead atoms. The maximum Gasteiger partial charge on any atom is 0.234 e. The number of hydrogen-bond donors (Lipinski definition) is 2. The summed E-state index contributed by atoms with van der Waals surface area (Å²) < 4.78 is 0. The van der Waals surface area contributed by atoms with Gasteiger partial charge in [-0.25, -0.2) is 0 Å². The van der Waals surface area contributed by atoms with Crippen molar-refractivity contribution in [2.45, 2.75) is 25.4 Å². The molecule has 19 heavy (non-hydrogen) atoms. The second-order valence-electron chi connectivity index (χ2n) is 5.44. The smallest absolute Gasteiger partial charge is 0.234 e. The first-order chi connectivity index (χ1) is 9.26. The van der Waals surface area contributed by atoms with Crippen LogP contribution in [-0.4, -0.2) is 43.0 Å². The lowest BCUT2D eigenvalue weighted by atomic mass is 9.99. The van der Waals surface area contributed by atoms with E-state index < -0.39 is 0 Å². The Morgan fingerprint density at radius 1 is 1.26 bits per heavy atom. The Kier molecular flexibility index (Phi) is 3.53. The average molecular weight is 259 g/mol. The van der Waals surface area contributed by atoms with Gasteiger partial charge in [0.15, 0.2) is 0 Å². The quantitative estimate of drug-likeness (QED) is 0.821. The first kappa shape index (κ1) is 12.6. The molecule has 2 saturated heterocycles. The molecule has 0 spiro atoms. The van der Waals surface area contributed by atoms with Gasteiger partial charge in [0.2, 0.25) is 5.91 Å². The maximum atomic E-state index is 11.5. The van der Waals surface area contributed by atoms with Crippen LogP contribution in [0.5, 0.6) is 0 Å². The molecular formula is C15H21N3O. The molecule has 2 aliphatic rings. The summed E-state index contributed by atoms with van der Waals surface area (Å²) in [5.41, 5.74) is 2.69. The van der Waals surface area contributed by atoms with E-state index in [4.69, 9.17) is 0 Å². The zero-order valence-corrected chi connectivity index (χ0v) is 11.4. The van der Waals surface area contributed by atoms with E-state index in [2.05, 4.69) is 46.7 Å². The summed E-state index contributed by atoms with van der Waals surface area (Å²) in [5, 5.41) is 6.52. The van der Waals surface area contributed by atoms with E-state index in [-0.39, 0.29) is 5.91 Å². The molecule has 2 N–H and O–H groups in total. The van der Waals surface area contributed by atoms with Gasteiger partial charge in [-0.2, -0.15) is 0 Å². The number of nitrogens with zero attached hydrogens (tertiary/aromatic N) is 1. The molecule has 4 nitrogen and oxygen atoms in total. The van der Waals surface area contributed by atoms with Gasteiger partial charge < -0.3 is 10.6 Å². The predicted octanol–water partition coefficient (Wildman–Crippen LogP) is 0.694. The molecule has 1 amide bonds. The highest BCUT2D eigenvalue weighted by Gasteiger charge is 2.32. The molecule has 1 aromatic rings. The van der Waals surface area contributed by atoms with Gasteiger partial charge in [-0.3, -0.25) is 9.69 Å². The van der Waals surface area contributed by atoms with E-state index in [9.17, 15) is 4.79 Å². The summed E-state index contributed by atoms with van der Waals surface area (Å²) in [5.74, 6) is 0.151. The first-order valence-electron chi connectivity index (χ1n) is 7.09. The molecule has 0 saturated carbocycles. The molecule has 3 rings (SSSR count). The Morgan fingerprint density at radius 3 is 2.79 bits per heavy atom. The fraction of sp³-hybridized carbons (Fsp3) is 0.533. The third-order valence-corrected chi connectivity index (χ3v) is 4.21. The van der Waals surface area contributed by atoms with Crippen LogP contribution in [0.3, 0.4) is 0 Å². The van der Waals surface area contributed by atoms with Crippen molar-refractivity contribution in [1.29, 1.82) is 0 Å². The Morgan fingerprint density at radius 2 is 2.05 bits per heavy atom.